The molecule has 0 aliphatic rings. The first-order valence-electron chi connectivity index (χ1n) is 8.36. The zero-order valence-corrected chi connectivity index (χ0v) is 14.9. The molecule has 1 atom stereocenters. The van der Waals surface area contributed by atoms with Gasteiger partial charge in [0.25, 0.3) is 0 Å². The number of nitrogens with one attached hydrogen (secondary N) is 1. The number of para-hydroxylation sites is 2. The number of anilines is 1. The van der Waals surface area contributed by atoms with E-state index in [1.54, 1.807) is 4.68 Å². The van der Waals surface area contributed by atoms with Crippen molar-refractivity contribution in [1.82, 2.24) is 15.0 Å². The van der Waals surface area contributed by atoms with E-state index < -0.39 is 6.04 Å². The van der Waals surface area contributed by atoms with Crippen molar-refractivity contribution in [3.8, 4) is 5.75 Å². The van der Waals surface area contributed by atoms with Gasteiger partial charge in [-0.15, -0.1) is 5.10 Å². The van der Waals surface area contributed by atoms with Crippen molar-refractivity contribution in [1.29, 1.82) is 0 Å². The SMILES string of the molecule is CCOc1ccccc1NC(=O)C(C)n1nnc2cc(C)c(C)cc21. The van der Waals surface area contributed by atoms with Gasteiger partial charge in [0.1, 0.15) is 17.3 Å². The van der Waals surface area contributed by atoms with Crippen LogP contribution in [0, 0.1) is 13.8 Å². The van der Waals surface area contributed by atoms with Crippen molar-refractivity contribution in [2.45, 2.75) is 33.7 Å². The molecule has 1 aromatic heterocycles. The number of amides is 1. The minimum atomic E-state index is -0.498. The van der Waals surface area contributed by atoms with Crippen molar-refractivity contribution in [3.63, 3.8) is 0 Å². The van der Waals surface area contributed by atoms with Crippen LogP contribution in [0.5, 0.6) is 5.75 Å². The molecule has 1 unspecified atom stereocenters. The molecule has 0 saturated carbocycles. The van der Waals surface area contributed by atoms with Crippen LogP contribution in [0.25, 0.3) is 11.0 Å². The molecule has 1 N–H and O–H groups in total. The summed E-state index contributed by atoms with van der Waals surface area (Å²) in [5.74, 6) is 0.484. The van der Waals surface area contributed by atoms with Gasteiger partial charge in [0.2, 0.25) is 5.91 Å². The predicted molar refractivity (Wildman–Crippen MR) is 98.0 cm³/mol. The van der Waals surface area contributed by atoms with Crippen molar-refractivity contribution >= 4 is 22.6 Å². The largest absolute Gasteiger partial charge is 0.492 e. The molecule has 0 radical (unpaired) electrons. The van der Waals surface area contributed by atoms with E-state index >= 15 is 0 Å². The highest BCUT2D eigenvalue weighted by Crippen LogP contribution is 2.26. The van der Waals surface area contributed by atoms with Crippen LogP contribution in [0.1, 0.15) is 31.0 Å². The first kappa shape index (κ1) is 17.0. The molecular weight excluding hydrogens is 316 g/mol. The van der Waals surface area contributed by atoms with Gasteiger partial charge in [0, 0.05) is 0 Å². The molecule has 6 nitrogen and oxygen atoms in total. The molecule has 2 aromatic carbocycles. The minimum Gasteiger partial charge on any atom is -0.492 e. The van der Waals surface area contributed by atoms with Crippen LogP contribution < -0.4 is 10.1 Å². The number of hydrogen-bond donors (Lipinski definition) is 1. The van der Waals surface area contributed by atoms with Gasteiger partial charge in [-0.05, 0) is 63.1 Å². The number of carbonyl (C=O) groups is 1. The van der Waals surface area contributed by atoms with Crippen LogP contribution in [-0.2, 0) is 4.79 Å². The first-order chi connectivity index (χ1) is 12.0. The lowest BCUT2D eigenvalue weighted by atomic mass is 10.1. The summed E-state index contributed by atoms with van der Waals surface area (Å²) >= 11 is 0. The minimum absolute atomic E-state index is 0.169. The number of nitrogens with zero attached hydrogens (tertiary/aromatic N) is 3. The van der Waals surface area contributed by atoms with E-state index in [9.17, 15) is 4.79 Å². The monoisotopic (exact) mass is 338 g/mol. The standard InChI is InChI=1S/C19H22N4O2/c1-5-25-18-9-7-6-8-15(18)20-19(24)14(4)23-17-11-13(3)12(2)10-16(17)21-22-23/h6-11,14H,5H2,1-4H3,(H,20,24). The topological polar surface area (TPSA) is 69.0 Å². The highest BCUT2D eigenvalue weighted by Gasteiger charge is 2.20. The van der Waals surface area contributed by atoms with Crippen LogP contribution >= 0.6 is 0 Å². The lowest BCUT2D eigenvalue weighted by molar-refractivity contribution is -0.119. The van der Waals surface area contributed by atoms with E-state index in [1.165, 1.54) is 0 Å². The third-order valence-electron chi connectivity index (χ3n) is 4.28. The molecule has 6 heteroatoms. The highest BCUT2D eigenvalue weighted by molar-refractivity contribution is 5.95. The maximum absolute atomic E-state index is 12.7. The lowest BCUT2D eigenvalue weighted by Crippen LogP contribution is -2.24. The van der Waals surface area contributed by atoms with E-state index in [1.807, 2.05) is 64.1 Å². The first-order valence-corrected chi connectivity index (χ1v) is 8.36. The number of ether oxygens (including phenoxy) is 1. The Balaban J connectivity index is 1.87. The van der Waals surface area contributed by atoms with Crippen LogP contribution in [0.2, 0.25) is 0 Å². The van der Waals surface area contributed by atoms with Gasteiger partial charge in [0.05, 0.1) is 17.8 Å². The Morgan fingerprint density at radius 2 is 1.96 bits per heavy atom. The molecule has 0 aliphatic carbocycles. The second-order valence-electron chi connectivity index (χ2n) is 6.05. The fraction of sp³-hybridized carbons (Fsp3) is 0.316. The third-order valence-corrected chi connectivity index (χ3v) is 4.28. The van der Waals surface area contributed by atoms with Crippen LogP contribution in [0.15, 0.2) is 36.4 Å². The fourth-order valence-corrected chi connectivity index (χ4v) is 2.68. The molecule has 0 bridgehead atoms. The maximum Gasteiger partial charge on any atom is 0.249 e. The lowest BCUT2D eigenvalue weighted by Gasteiger charge is -2.15. The Kier molecular flexibility index (Phi) is 4.70. The normalized spacial score (nSPS) is 12.2. The van der Waals surface area contributed by atoms with Gasteiger partial charge in [-0.3, -0.25) is 4.79 Å². The molecule has 130 valence electrons. The Morgan fingerprint density at radius 1 is 1.24 bits per heavy atom. The van der Waals surface area contributed by atoms with Crippen LogP contribution in [0.3, 0.4) is 0 Å². The molecule has 1 heterocycles. The van der Waals surface area contributed by atoms with Crippen LogP contribution in [0.4, 0.5) is 5.69 Å². The van der Waals surface area contributed by atoms with Gasteiger partial charge in [-0.2, -0.15) is 0 Å². The third kappa shape index (κ3) is 3.33. The summed E-state index contributed by atoms with van der Waals surface area (Å²) in [6.07, 6.45) is 0. The van der Waals surface area contributed by atoms with Gasteiger partial charge >= 0.3 is 0 Å². The molecular formula is C19H22N4O2. The van der Waals surface area contributed by atoms with Crippen molar-refractivity contribution in [2.75, 3.05) is 11.9 Å². The van der Waals surface area contributed by atoms with Gasteiger partial charge in [-0.1, -0.05) is 17.3 Å². The van der Waals surface area contributed by atoms with E-state index in [0.29, 0.717) is 18.0 Å². The van der Waals surface area contributed by atoms with E-state index in [0.717, 1.165) is 22.2 Å². The number of aryl methyl sites for hydroxylation is 2. The number of carbonyl (C=O) groups excluding carboxylic acids is 1. The molecule has 1 amide bonds. The zero-order valence-electron chi connectivity index (χ0n) is 14.9. The number of benzene rings is 2. The number of hydrogen-bond acceptors (Lipinski definition) is 4. The average Bonchev–Trinajstić information content (AvgIpc) is 2.99. The fourth-order valence-electron chi connectivity index (χ4n) is 2.68. The van der Waals surface area contributed by atoms with E-state index in [-0.39, 0.29) is 5.91 Å². The quantitative estimate of drug-likeness (QED) is 0.771. The highest BCUT2D eigenvalue weighted by atomic mass is 16.5. The van der Waals surface area contributed by atoms with Crippen molar-refractivity contribution < 1.29 is 9.53 Å². The molecule has 3 rings (SSSR count). The molecule has 0 fully saturated rings. The molecule has 25 heavy (non-hydrogen) atoms. The molecule has 0 aliphatic heterocycles. The predicted octanol–water partition coefficient (Wildman–Crippen LogP) is 3.65. The second kappa shape index (κ2) is 6.93. The molecule has 0 spiro atoms. The smallest absolute Gasteiger partial charge is 0.249 e. The van der Waals surface area contributed by atoms with Gasteiger partial charge in [0.15, 0.2) is 0 Å². The summed E-state index contributed by atoms with van der Waals surface area (Å²) in [5.41, 5.74) is 4.59. The summed E-state index contributed by atoms with van der Waals surface area (Å²) in [7, 11) is 0. The number of aromatic nitrogens is 3. The van der Waals surface area contributed by atoms with Gasteiger partial charge in [-0.25, -0.2) is 4.68 Å². The second-order valence-corrected chi connectivity index (χ2v) is 6.05. The average molecular weight is 338 g/mol. The Hall–Kier alpha value is -2.89. The van der Waals surface area contributed by atoms with E-state index in [2.05, 4.69) is 15.6 Å². The molecule has 3 aromatic rings. The summed E-state index contributed by atoms with van der Waals surface area (Å²) in [4.78, 5) is 12.7. The summed E-state index contributed by atoms with van der Waals surface area (Å²) in [6, 6.07) is 10.9. The Labute approximate surface area is 146 Å². The van der Waals surface area contributed by atoms with Gasteiger partial charge < -0.3 is 10.1 Å². The summed E-state index contributed by atoms with van der Waals surface area (Å²) in [5, 5.41) is 11.3. The van der Waals surface area contributed by atoms with E-state index in [4.69, 9.17) is 4.74 Å². The zero-order chi connectivity index (χ0) is 18.0. The molecule has 0 saturated heterocycles. The van der Waals surface area contributed by atoms with Crippen LogP contribution in [-0.4, -0.2) is 27.5 Å². The van der Waals surface area contributed by atoms with Crippen molar-refractivity contribution in [2.24, 2.45) is 0 Å². The Bertz CT molecular complexity index is 917. The maximum atomic E-state index is 12.7. The Morgan fingerprint density at radius 3 is 2.72 bits per heavy atom. The summed E-state index contributed by atoms with van der Waals surface area (Å²) in [6.45, 7) is 8.33. The number of fused-ring (bicyclic) bond motifs is 1. The van der Waals surface area contributed by atoms with Crippen molar-refractivity contribution in [3.05, 3.63) is 47.5 Å². The number of rotatable bonds is 5. The summed E-state index contributed by atoms with van der Waals surface area (Å²) < 4.78 is 7.21.